The normalized spacial score (nSPS) is 21.3. The van der Waals surface area contributed by atoms with Gasteiger partial charge in [0.25, 0.3) is 5.69 Å². The molecule has 6 nitrogen and oxygen atoms in total. The van der Waals surface area contributed by atoms with Gasteiger partial charge in [-0.1, -0.05) is 12.1 Å². The van der Waals surface area contributed by atoms with E-state index >= 15 is 0 Å². The van der Waals surface area contributed by atoms with Gasteiger partial charge in [0.2, 0.25) is 0 Å². The van der Waals surface area contributed by atoms with Crippen molar-refractivity contribution in [3.8, 4) is 0 Å². The van der Waals surface area contributed by atoms with Crippen LogP contribution in [-0.2, 0) is 9.31 Å². The zero-order valence-electron chi connectivity index (χ0n) is 13.0. The minimum absolute atomic E-state index is 0.0551. The van der Waals surface area contributed by atoms with Gasteiger partial charge in [0.1, 0.15) is 0 Å². The molecule has 0 aliphatic carbocycles. The van der Waals surface area contributed by atoms with Crippen LogP contribution in [0.4, 0.5) is 5.69 Å². The summed E-state index contributed by atoms with van der Waals surface area (Å²) >= 11 is 0. The molecule has 1 aliphatic rings. The SMILES string of the molecule is Cc1ccc([C@@H](N)B2OC(C)(C)C(C)(C)O2)cc1[N+](=O)[O-]. The van der Waals surface area contributed by atoms with Crippen molar-refractivity contribution in [1.29, 1.82) is 0 Å². The molecule has 0 saturated carbocycles. The lowest BCUT2D eigenvalue weighted by Gasteiger charge is -2.32. The maximum absolute atomic E-state index is 11.0. The highest BCUT2D eigenvalue weighted by Gasteiger charge is 2.53. The molecule has 1 aliphatic heterocycles. The highest BCUT2D eigenvalue weighted by Crippen LogP contribution is 2.39. The third-order valence-electron chi connectivity index (χ3n) is 4.38. The van der Waals surface area contributed by atoms with Gasteiger partial charge in [0.15, 0.2) is 0 Å². The number of nitro groups is 1. The average molecular weight is 292 g/mol. The molecule has 1 atom stereocenters. The van der Waals surface area contributed by atoms with Crippen LogP contribution in [0.15, 0.2) is 18.2 Å². The van der Waals surface area contributed by atoms with E-state index in [4.69, 9.17) is 15.0 Å². The van der Waals surface area contributed by atoms with Crippen LogP contribution in [0.2, 0.25) is 0 Å². The van der Waals surface area contributed by atoms with Gasteiger partial charge < -0.3 is 15.0 Å². The topological polar surface area (TPSA) is 87.6 Å². The summed E-state index contributed by atoms with van der Waals surface area (Å²) in [5.41, 5.74) is 6.52. The van der Waals surface area contributed by atoms with Crippen molar-refractivity contribution >= 4 is 12.8 Å². The predicted molar refractivity (Wildman–Crippen MR) is 80.8 cm³/mol. The van der Waals surface area contributed by atoms with Gasteiger partial charge in [0.05, 0.1) is 22.1 Å². The van der Waals surface area contributed by atoms with Crippen LogP contribution in [0.3, 0.4) is 0 Å². The Labute approximate surface area is 124 Å². The summed E-state index contributed by atoms with van der Waals surface area (Å²) in [6.07, 6.45) is 0. The first kappa shape index (κ1) is 15.9. The number of rotatable bonds is 3. The maximum Gasteiger partial charge on any atom is 0.480 e. The zero-order valence-corrected chi connectivity index (χ0v) is 13.0. The number of nitrogens with zero attached hydrogens (tertiary/aromatic N) is 1. The highest BCUT2D eigenvalue weighted by atomic mass is 16.7. The lowest BCUT2D eigenvalue weighted by molar-refractivity contribution is -0.385. The second-order valence-corrected chi connectivity index (χ2v) is 6.45. The third kappa shape index (κ3) is 2.81. The third-order valence-corrected chi connectivity index (χ3v) is 4.38. The Morgan fingerprint density at radius 2 is 1.76 bits per heavy atom. The molecule has 0 bridgehead atoms. The van der Waals surface area contributed by atoms with Crippen molar-refractivity contribution < 1.29 is 14.2 Å². The minimum Gasteiger partial charge on any atom is -0.402 e. The molecule has 0 radical (unpaired) electrons. The lowest BCUT2D eigenvalue weighted by atomic mass is 9.74. The molecular formula is C14H21BN2O4. The number of aryl methyl sites for hydroxylation is 1. The molecule has 1 saturated heterocycles. The number of hydrogen-bond acceptors (Lipinski definition) is 5. The Morgan fingerprint density at radius 1 is 1.24 bits per heavy atom. The molecule has 1 heterocycles. The van der Waals surface area contributed by atoms with Crippen LogP contribution in [0, 0.1) is 17.0 Å². The highest BCUT2D eigenvalue weighted by molar-refractivity contribution is 6.47. The molecule has 1 fully saturated rings. The molecule has 2 rings (SSSR count). The fraction of sp³-hybridized carbons (Fsp3) is 0.571. The van der Waals surface area contributed by atoms with Crippen LogP contribution in [-0.4, -0.2) is 23.2 Å². The van der Waals surface area contributed by atoms with Crippen LogP contribution < -0.4 is 5.73 Å². The van der Waals surface area contributed by atoms with Crippen molar-refractivity contribution in [2.24, 2.45) is 5.73 Å². The molecule has 1 aromatic rings. The Hall–Kier alpha value is -1.44. The number of benzene rings is 1. The van der Waals surface area contributed by atoms with Crippen LogP contribution in [0.25, 0.3) is 0 Å². The second kappa shape index (κ2) is 5.08. The van der Waals surface area contributed by atoms with Crippen LogP contribution in [0.5, 0.6) is 0 Å². The fourth-order valence-corrected chi connectivity index (χ4v) is 2.22. The van der Waals surface area contributed by atoms with Gasteiger partial charge in [-0.15, -0.1) is 0 Å². The van der Waals surface area contributed by atoms with E-state index in [1.165, 1.54) is 6.07 Å². The first-order valence-electron chi connectivity index (χ1n) is 6.91. The van der Waals surface area contributed by atoms with Gasteiger partial charge in [-0.05, 0) is 40.2 Å². The monoisotopic (exact) mass is 292 g/mol. The van der Waals surface area contributed by atoms with E-state index in [1.807, 2.05) is 27.7 Å². The Bertz CT molecular complexity index is 558. The van der Waals surface area contributed by atoms with Gasteiger partial charge >= 0.3 is 7.12 Å². The summed E-state index contributed by atoms with van der Waals surface area (Å²) in [7, 11) is -0.627. The van der Waals surface area contributed by atoms with Crippen LogP contribution >= 0.6 is 0 Å². The van der Waals surface area contributed by atoms with Gasteiger partial charge in [0, 0.05) is 11.6 Å². The summed E-state index contributed by atoms with van der Waals surface area (Å²) < 4.78 is 11.8. The number of nitro benzene ring substituents is 1. The first-order chi connectivity index (χ1) is 9.55. The Balaban J connectivity index is 2.28. The smallest absolute Gasteiger partial charge is 0.402 e. The Kier molecular flexibility index (Phi) is 3.86. The Morgan fingerprint density at radius 3 is 2.24 bits per heavy atom. The van der Waals surface area contributed by atoms with E-state index in [0.717, 1.165) is 0 Å². The van der Waals surface area contributed by atoms with Crippen molar-refractivity contribution in [2.75, 3.05) is 0 Å². The second-order valence-electron chi connectivity index (χ2n) is 6.45. The molecule has 1 aromatic carbocycles. The first-order valence-corrected chi connectivity index (χ1v) is 6.91. The van der Waals surface area contributed by atoms with Crippen molar-refractivity contribution in [3.05, 3.63) is 39.4 Å². The lowest BCUT2D eigenvalue weighted by Crippen LogP contribution is -2.41. The molecule has 2 N–H and O–H groups in total. The number of nitrogens with two attached hydrogens (primary N) is 1. The summed E-state index contributed by atoms with van der Waals surface area (Å²) in [4.78, 5) is 10.6. The molecule has 7 heteroatoms. The average Bonchev–Trinajstić information content (AvgIpc) is 2.58. The molecular weight excluding hydrogens is 271 g/mol. The van der Waals surface area contributed by atoms with E-state index in [-0.39, 0.29) is 5.69 Å². The van der Waals surface area contributed by atoms with Crippen LogP contribution in [0.1, 0.15) is 44.8 Å². The summed E-state index contributed by atoms with van der Waals surface area (Å²) in [6.45, 7) is 9.46. The molecule has 0 unspecified atom stereocenters. The number of hydrogen-bond donors (Lipinski definition) is 1. The van der Waals surface area contributed by atoms with E-state index < -0.39 is 29.2 Å². The van der Waals surface area contributed by atoms with Gasteiger partial charge in [-0.25, -0.2) is 0 Å². The van der Waals surface area contributed by atoms with E-state index in [9.17, 15) is 10.1 Å². The van der Waals surface area contributed by atoms with Crippen molar-refractivity contribution in [2.45, 2.75) is 51.8 Å². The summed E-state index contributed by atoms with van der Waals surface area (Å²) in [5, 5.41) is 11.0. The predicted octanol–water partition coefficient (Wildman–Crippen LogP) is 2.53. The standard InChI is InChI=1S/C14H21BN2O4/c1-9-6-7-10(8-11(9)17(18)19)12(16)15-20-13(2,3)14(4,5)21-15/h6-8,12H,16H2,1-5H3/t12-/m1/s1. The quantitative estimate of drug-likeness (QED) is 0.525. The summed E-state index contributed by atoms with van der Waals surface area (Å²) in [5.74, 6) is -0.578. The minimum atomic E-state index is -0.627. The molecule has 21 heavy (non-hydrogen) atoms. The largest absolute Gasteiger partial charge is 0.480 e. The van der Waals surface area contributed by atoms with Gasteiger partial charge in [-0.2, -0.15) is 0 Å². The molecule has 114 valence electrons. The molecule has 0 spiro atoms. The van der Waals surface area contributed by atoms with E-state index in [1.54, 1.807) is 19.1 Å². The fourth-order valence-electron chi connectivity index (χ4n) is 2.22. The molecule has 0 aromatic heterocycles. The van der Waals surface area contributed by atoms with E-state index in [2.05, 4.69) is 0 Å². The van der Waals surface area contributed by atoms with Crippen molar-refractivity contribution in [3.63, 3.8) is 0 Å². The summed E-state index contributed by atoms with van der Waals surface area (Å²) in [6, 6.07) is 4.96. The zero-order chi connectivity index (χ0) is 16.0. The maximum atomic E-state index is 11.0. The van der Waals surface area contributed by atoms with Crippen molar-refractivity contribution in [1.82, 2.24) is 0 Å². The molecule has 0 amide bonds. The van der Waals surface area contributed by atoms with Gasteiger partial charge in [-0.3, -0.25) is 10.1 Å². The van der Waals surface area contributed by atoms with E-state index in [0.29, 0.717) is 11.1 Å².